The Hall–Kier alpha value is -0.870. The van der Waals surface area contributed by atoms with Gasteiger partial charge in [-0.25, -0.2) is 0 Å². The van der Waals surface area contributed by atoms with Crippen LogP contribution in [0.25, 0.3) is 0 Å². The molecule has 0 bridgehead atoms. The summed E-state index contributed by atoms with van der Waals surface area (Å²) in [6.45, 7) is 4.23. The molecule has 1 aromatic heterocycles. The highest BCUT2D eigenvalue weighted by Gasteiger charge is 2.31. The smallest absolute Gasteiger partial charge is 0.231 e. The first kappa shape index (κ1) is 14.5. The number of aliphatic hydroxyl groups is 1. The maximum atomic E-state index is 12.3. The van der Waals surface area contributed by atoms with Crippen LogP contribution in [-0.2, 0) is 10.2 Å². The van der Waals surface area contributed by atoms with Gasteiger partial charge in [0.15, 0.2) is 0 Å². The molecule has 19 heavy (non-hydrogen) atoms. The minimum atomic E-state index is -0.524. The molecule has 0 radical (unpaired) electrons. The average molecular weight is 281 g/mol. The summed E-state index contributed by atoms with van der Waals surface area (Å²) in [5.41, 5.74) is -0.524. The molecule has 0 spiro atoms. The van der Waals surface area contributed by atoms with Gasteiger partial charge in [-0.2, -0.15) is 0 Å². The molecule has 0 aromatic carbocycles. The van der Waals surface area contributed by atoms with Gasteiger partial charge in [0.25, 0.3) is 0 Å². The summed E-state index contributed by atoms with van der Waals surface area (Å²) < 4.78 is 0. The number of nitrogens with one attached hydrogen (secondary N) is 1. The Labute approximate surface area is 119 Å². The van der Waals surface area contributed by atoms with Crippen LogP contribution in [0.3, 0.4) is 0 Å². The molecule has 1 unspecified atom stereocenters. The molecule has 1 heterocycles. The summed E-state index contributed by atoms with van der Waals surface area (Å²) in [6, 6.07) is 3.94. The van der Waals surface area contributed by atoms with Crippen molar-refractivity contribution in [3.05, 3.63) is 22.4 Å². The van der Waals surface area contributed by atoms with Crippen LogP contribution in [0.4, 0.5) is 0 Å². The lowest BCUT2D eigenvalue weighted by atomic mass is 9.90. The zero-order valence-electron chi connectivity index (χ0n) is 11.7. The summed E-state index contributed by atoms with van der Waals surface area (Å²) >= 11 is 1.59. The molecule has 1 saturated carbocycles. The second-order valence-electron chi connectivity index (χ2n) is 5.92. The third-order valence-corrected chi connectivity index (χ3v) is 5.31. The van der Waals surface area contributed by atoms with E-state index in [1.54, 1.807) is 11.3 Å². The minimum absolute atomic E-state index is 0.00741. The molecule has 1 aliphatic carbocycles. The lowest BCUT2D eigenvalue weighted by Gasteiger charge is -2.24. The number of rotatable bonds is 5. The first-order valence-electron chi connectivity index (χ1n) is 7.02. The van der Waals surface area contributed by atoms with E-state index in [0.29, 0.717) is 12.5 Å². The van der Waals surface area contributed by atoms with Crippen LogP contribution in [0.5, 0.6) is 0 Å². The standard InChI is InChI=1S/C15H23NO2S/c1-15(2,13-8-5-9-19-13)14(18)16-10-12(17)11-6-3-4-7-11/h5,8-9,11-12,17H,3-4,6-7,10H2,1-2H3,(H,16,18). The summed E-state index contributed by atoms with van der Waals surface area (Å²) in [7, 11) is 0. The zero-order chi connectivity index (χ0) is 13.9. The second kappa shape index (κ2) is 6.06. The van der Waals surface area contributed by atoms with Crippen LogP contribution < -0.4 is 5.32 Å². The SMILES string of the molecule is CC(C)(C(=O)NCC(O)C1CCCC1)c1cccs1. The molecule has 1 fully saturated rings. The van der Waals surface area contributed by atoms with E-state index in [1.807, 2.05) is 31.4 Å². The molecule has 1 amide bonds. The molecule has 2 rings (SSSR count). The number of carbonyl (C=O) groups excluding carboxylic acids is 1. The van der Waals surface area contributed by atoms with E-state index >= 15 is 0 Å². The molecule has 106 valence electrons. The highest BCUT2D eigenvalue weighted by atomic mass is 32.1. The van der Waals surface area contributed by atoms with Crippen molar-refractivity contribution in [1.82, 2.24) is 5.32 Å². The molecule has 0 aliphatic heterocycles. The Morgan fingerprint density at radius 3 is 2.79 bits per heavy atom. The monoisotopic (exact) mass is 281 g/mol. The molecule has 2 N–H and O–H groups in total. The number of aliphatic hydroxyl groups excluding tert-OH is 1. The zero-order valence-corrected chi connectivity index (χ0v) is 12.5. The van der Waals surface area contributed by atoms with Gasteiger partial charge >= 0.3 is 0 Å². The summed E-state index contributed by atoms with van der Waals surface area (Å²) in [5.74, 6) is 0.358. The van der Waals surface area contributed by atoms with Crippen LogP contribution in [0.2, 0.25) is 0 Å². The van der Waals surface area contributed by atoms with Crippen LogP contribution in [-0.4, -0.2) is 23.7 Å². The number of hydrogen-bond donors (Lipinski definition) is 2. The van der Waals surface area contributed by atoms with Gasteiger partial charge in [0.05, 0.1) is 11.5 Å². The molecule has 1 aliphatic rings. The van der Waals surface area contributed by atoms with Crippen molar-refractivity contribution >= 4 is 17.2 Å². The van der Waals surface area contributed by atoms with Crippen molar-refractivity contribution in [2.45, 2.75) is 51.0 Å². The summed E-state index contributed by atoms with van der Waals surface area (Å²) in [6.07, 6.45) is 4.19. The number of carbonyl (C=O) groups is 1. The maximum Gasteiger partial charge on any atom is 0.231 e. The number of thiophene rings is 1. The Balaban J connectivity index is 1.87. The first-order chi connectivity index (χ1) is 9.01. The molecular weight excluding hydrogens is 258 g/mol. The van der Waals surface area contributed by atoms with E-state index in [0.717, 1.165) is 17.7 Å². The molecule has 0 saturated heterocycles. The second-order valence-corrected chi connectivity index (χ2v) is 6.87. The lowest BCUT2D eigenvalue weighted by molar-refractivity contribution is -0.126. The van der Waals surface area contributed by atoms with Gasteiger partial charge in [-0.1, -0.05) is 18.9 Å². The number of amides is 1. The number of hydrogen-bond acceptors (Lipinski definition) is 3. The fraction of sp³-hybridized carbons (Fsp3) is 0.667. The predicted octanol–water partition coefficient (Wildman–Crippen LogP) is 2.69. The highest BCUT2D eigenvalue weighted by molar-refractivity contribution is 7.10. The fourth-order valence-corrected chi connectivity index (χ4v) is 3.52. The van der Waals surface area contributed by atoms with Gasteiger partial charge in [0.2, 0.25) is 5.91 Å². The third kappa shape index (κ3) is 3.37. The van der Waals surface area contributed by atoms with E-state index in [-0.39, 0.29) is 5.91 Å². The molecule has 1 aromatic rings. The quantitative estimate of drug-likeness (QED) is 0.872. The average Bonchev–Trinajstić information content (AvgIpc) is 3.06. The van der Waals surface area contributed by atoms with E-state index < -0.39 is 11.5 Å². The van der Waals surface area contributed by atoms with Gasteiger partial charge in [-0.3, -0.25) is 4.79 Å². The van der Waals surface area contributed by atoms with E-state index in [4.69, 9.17) is 0 Å². The largest absolute Gasteiger partial charge is 0.391 e. The third-order valence-electron chi connectivity index (χ3n) is 4.12. The maximum absolute atomic E-state index is 12.3. The Kier molecular flexibility index (Phi) is 4.63. The van der Waals surface area contributed by atoms with E-state index in [9.17, 15) is 9.90 Å². The normalized spacial score (nSPS) is 18.5. The fourth-order valence-electron chi connectivity index (χ4n) is 2.67. The van der Waals surface area contributed by atoms with Crippen LogP contribution in [0.1, 0.15) is 44.4 Å². The molecule has 3 nitrogen and oxygen atoms in total. The van der Waals surface area contributed by atoms with Crippen molar-refractivity contribution in [3.8, 4) is 0 Å². The Morgan fingerprint density at radius 1 is 1.53 bits per heavy atom. The van der Waals surface area contributed by atoms with Crippen molar-refractivity contribution in [2.75, 3.05) is 6.54 Å². The van der Waals surface area contributed by atoms with Crippen LogP contribution >= 0.6 is 11.3 Å². The van der Waals surface area contributed by atoms with Gasteiger partial charge in [-0.15, -0.1) is 11.3 Å². The topological polar surface area (TPSA) is 49.3 Å². The van der Waals surface area contributed by atoms with Gasteiger partial charge in [0.1, 0.15) is 0 Å². The first-order valence-corrected chi connectivity index (χ1v) is 7.90. The van der Waals surface area contributed by atoms with Crippen molar-refractivity contribution in [2.24, 2.45) is 5.92 Å². The van der Waals surface area contributed by atoms with Gasteiger partial charge in [0, 0.05) is 11.4 Å². The van der Waals surface area contributed by atoms with Crippen LogP contribution in [0, 0.1) is 5.92 Å². The summed E-state index contributed by atoms with van der Waals surface area (Å²) in [4.78, 5) is 13.3. The van der Waals surface area contributed by atoms with E-state index in [1.165, 1.54) is 12.8 Å². The molecule has 1 atom stereocenters. The molecule has 4 heteroatoms. The van der Waals surface area contributed by atoms with Gasteiger partial charge in [-0.05, 0) is 44.1 Å². The van der Waals surface area contributed by atoms with Crippen LogP contribution in [0.15, 0.2) is 17.5 Å². The molecular formula is C15H23NO2S. The van der Waals surface area contributed by atoms with Crippen molar-refractivity contribution in [3.63, 3.8) is 0 Å². The highest BCUT2D eigenvalue weighted by Crippen LogP contribution is 2.29. The lowest BCUT2D eigenvalue weighted by Crippen LogP contribution is -2.44. The predicted molar refractivity (Wildman–Crippen MR) is 78.3 cm³/mol. The van der Waals surface area contributed by atoms with E-state index in [2.05, 4.69) is 5.32 Å². The Bertz CT molecular complexity index is 408. The minimum Gasteiger partial charge on any atom is -0.391 e. The van der Waals surface area contributed by atoms with Crippen molar-refractivity contribution in [1.29, 1.82) is 0 Å². The van der Waals surface area contributed by atoms with Crippen molar-refractivity contribution < 1.29 is 9.90 Å². The van der Waals surface area contributed by atoms with Gasteiger partial charge < -0.3 is 10.4 Å². The summed E-state index contributed by atoms with van der Waals surface area (Å²) in [5, 5.41) is 15.0. The Morgan fingerprint density at radius 2 is 2.21 bits per heavy atom.